The predicted molar refractivity (Wildman–Crippen MR) is 48.8 cm³/mol. The van der Waals surface area contributed by atoms with Gasteiger partial charge in [0.15, 0.2) is 0 Å². The summed E-state index contributed by atoms with van der Waals surface area (Å²) in [5.41, 5.74) is 11.1. The standard InChI is InChI=1S/C8H9ClF2N2/c9-4-1-2-6(12)5(3-4)7(13)8(10)11/h1-3,7-8H,12-13H2/t7-/m1/s1. The summed E-state index contributed by atoms with van der Waals surface area (Å²) in [5, 5.41) is 0.348. The molecule has 0 aromatic heterocycles. The molecule has 0 saturated heterocycles. The number of rotatable bonds is 2. The third-order valence-corrected chi connectivity index (χ3v) is 1.91. The molecule has 0 unspecified atom stereocenters. The summed E-state index contributed by atoms with van der Waals surface area (Å²) in [7, 11) is 0. The summed E-state index contributed by atoms with van der Waals surface area (Å²) >= 11 is 5.61. The first kappa shape index (κ1) is 10.2. The summed E-state index contributed by atoms with van der Waals surface area (Å²) in [5.74, 6) is 0. The van der Waals surface area contributed by atoms with Gasteiger partial charge in [-0.25, -0.2) is 8.78 Å². The van der Waals surface area contributed by atoms with E-state index in [0.717, 1.165) is 0 Å². The number of hydrogen-bond donors (Lipinski definition) is 2. The van der Waals surface area contributed by atoms with Crippen molar-refractivity contribution < 1.29 is 8.78 Å². The summed E-state index contributed by atoms with van der Waals surface area (Å²) < 4.78 is 24.4. The lowest BCUT2D eigenvalue weighted by atomic mass is 10.1. The molecule has 0 bridgehead atoms. The zero-order valence-corrected chi connectivity index (χ0v) is 7.43. The maximum absolute atomic E-state index is 12.2. The molecular formula is C8H9ClF2N2. The van der Waals surface area contributed by atoms with Crippen molar-refractivity contribution in [3.05, 3.63) is 28.8 Å². The minimum absolute atomic E-state index is 0.183. The van der Waals surface area contributed by atoms with E-state index in [1.807, 2.05) is 0 Å². The first-order chi connectivity index (χ1) is 6.02. The smallest absolute Gasteiger partial charge is 0.257 e. The molecule has 0 heterocycles. The Hall–Kier alpha value is -0.870. The summed E-state index contributed by atoms with van der Waals surface area (Å²) in [4.78, 5) is 0. The van der Waals surface area contributed by atoms with E-state index >= 15 is 0 Å². The Bertz CT molecular complexity index is 304. The zero-order chi connectivity index (χ0) is 10.0. The minimum atomic E-state index is -2.64. The normalized spacial score (nSPS) is 13.3. The minimum Gasteiger partial charge on any atom is -0.398 e. The number of hydrogen-bond acceptors (Lipinski definition) is 2. The number of alkyl halides is 2. The van der Waals surface area contributed by atoms with Crippen molar-refractivity contribution in [3.63, 3.8) is 0 Å². The van der Waals surface area contributed by atoms with Crippen LogP contribution in [0, 0.1) is 0 Å². The van der Waals surface area contributed by atoms with Gasteiger partial charge >= 0.3 is 0 Å². The zero-order valence-electron chi connectivity index (χ0n) is 6.68. The quantitative estimate of drug-likeness (QED) is 0.729. The van der Waals surface area contributed by atoms with Gasteiger partial charge in [-0.15, -0.1) is 0 Å². The second-order valence-electron chi connectivity index (χ2n) is 2.63. The van der Waals surface area contributed by atoms with Crippen LogP contribution in [-0.4, -0.2) is 6.43 Å². The fourth-order valence-electron chi connectivity index (χ4n) is 0.970. The molecule has 13 heavy (non-hydrogen) atoms. The summed E-state index contributed by atoms with van der Waals surface area (Å²) in [6, 6.07) is 2.96. The lowest BCUT2D eigenvalue weighted by Gasteiger charge is -2.13. The average molecular weight is 207 g/mol. The van der Waals surface area contributed by atoms with Crippen molar-refractivity contribution in [1.82, 2.24) is 0 Å². The molecular weight excluding hydrogens is 198 g/mol. The van der Waals surface area contributed by atoms with Crippen molar-refractivity contribution in [3.8, 4) is 0 Å². The molecule has 1 rings (SSSR count). The second-order valence-corrected chi connectivity index (χ2v) is 3.07. The van der Waals surface area contributed by atoms with Crippen LogP contribution in [0.3, 0.4) is 0 Å². The first-order valence-electron chi connectivity index (χ1n) is 3.61. The molecule has 0 amide bonds. The van der Waals surface area contributed by atoms with Gasteiger partial charge in [0.25, 0.3) is 6.43 Å². The molecule has 0 fully saturated rings. The molecule has 1 aromatic rings. The summed E-state index contributed by atoms with van der Waals surface area (Å²) in [6.45, 7) is 0. The van der Waals surface area contributed by atoms with Crippen molar-refractivity contribution in [1.29, 1.82) is 0 Å². The molecule has 72 valence electrons. The Balaban J connectivity index is 3.05. The summed E-state index contributed by atoms with van der Waals surface area (Å²) in [6.07, 6.45) is -2.64. The SMILES string of the molecule is Nc1ccc(Cl)cc1[C@@H](N)C(F)F. The van der Waals surface area contributed by atoms with E-state index in [4.69, 9.17) is 23.1 Å². The molecule has 1 atom stereocenters. The molecule has 0 radical (unpaired) electrons. The third kappa shape index (κ3) is 2.29. The molecule has 0 spiro atoms. The highest BCUT2D eigenvalue weighted by Crippen LogP contribution is 2.26. The molecule has 0 aliphatic carbocycles. The van der Waals surface area contributed by atoms with Crippen LogP contribution in [0.4, 0.5) is 14.5 Å². The molecule has 0 aliphatic heterocycles. The van der Waals surface area contributed by atoms with Gasteiger partial charge in [-0.1, -0.05) is 11.6 Å². The maximum atomic E-state index is 12.2. The van der Waals surface area contributed by atoms with Gasteiger partial charge in [-0.2, -0.15) is 0 Å². The van der Waals surface area contributed by atoms with Crippen LogP contribution < -0.4 is 11.5 Å². The van der Waals surface area contributed by atoms with Gasteiger partial charge in [0.1, 0.15) is 0 Å². The van der Waals surface area contributed by atoms with E-state index in [1.54, 1.807) is 0 Å². The van der Waals surface area contributed by atoms with E-state index in [1.165, 1.54) is 18.2 Å². The second kappa shape index (κ2) is 3.89. The van der Waals surface area contributed by atoms with E-state index in [9.17, 15) is 8.78 Å². The average Bonchev–Trinajstić information content (AvgIpc) is 2.08. The van der Waals surface area contributed by atoms with Crippen LogP contribution in [0.2, 0.25) is 5.02 Å². The van der Waals surface area contributed by atoms with Crippen LogP contribution in [0.5, 0.6) is 0 Å². The van der Waals surface area contributed by atoms with Gasteiger partial charge in [0.2, 0.25) is 0 Å². The number of benzene rings is 1. The lowest BCUT2D eigenvalue weighted by Crippen LogP contribution is -2.20. The van der Waals surface area contributed by atoms with Gasteiger partial charge in [0.05, 0.1) is 6.04 Å². The topological polar surface area (TPSA) is 52.0 Å². The van der Waals surface area contributed by atoms with Crippen molar-refractivity contribution in [2.24, 2.45) is 5.73 Å². The highest BCUT2D eigenvalue weighted by Gasteiger charge is 2.19. The number of anilines is 1. The van der Waals surface area contributed by atoms with E-state index < -0.39 is 12.5 Å². The third-order valence-electron chi connectivity index (χ3n) is 1.68. The van der Waals surface area contributed by atoms with Crippen LogP contribution >= 0.6 is 11.6 Å². The van der Waals surface area contributed by atoms with Crippen molar-refractivity contribution >= 4 is 17.3 Å². The van der Waals surface area contributed by atoms with Gasteiger partial charge in [-0.05, 0) is 23.8 Å². The van der Waals surface area contributed by atoms with Crippen LogP contribution in [-0.2, 0) is 0 Å². The van der Waals surface area contributed by atoms with E-state index in [0.29, 0.717) is 5.02 Å². The Morgan fingerprint density at radius 1 is 1.31 bits per heavy atom. The fourth-order valence-corrected chi connectivity index (χ4v) is 1.15. The largest absolute Gasteiger partial charge is 0.398 e. The molecule has 5 heteroatoms. The highest BCUT2D eigenvalue weighted by molar-refractivity contribution is 6.30. The molecule has 4 N–H and O–H groups in total. The van der Waals surface area contributed by atoms with E-state index in [-0.39, 0.29) is 11.3 Å². The van der Waals surface area contributed by atoms with Crippen molar-refractivity contribution in [2.45, 2.75) is 12.5 Å². The van der Waals surface area contributed by atoms with Crippen LogP contribution in [0.25, 0.3) is 0 Å². The molecule has 0 aliphatic rings. The first-order valence-corrected chi connectivity index (χ1v) is 3.99. The van der Waals surface area contributed by atoms with Gasteiger partial charge in [0, 0.05) is 10.7 Å². The monoisotopic (exact) mass is 206 g/mol. The number of nitrogens with two attached hydrogens (primary N) is 2. The molecule has 0 saturated carbocycles. The predicted octanol–water partition coefficient (Wildman–Crippen LogP) is 2.19. The molecule has 2 nitrogen and oxygen atoms in total. The molecule has 1 aromatic carbocycles. The Labute approximate surface area is 79.5 Å². The Kier molecular flexibility index (Phi) is 3.06. The van der Waals surface area contributed by atoms with E-state index in [2.05, 4.69) is 0 Å². The van der Waals surface area contributed by atoms with Gasteiger partial charge in [-0.3, -0.25) is 0 Å². The number of halogens is 3. The maximum Gasteiger partial charge on any atom is 0.257 e. The van der Waals surface area contributed by atoms with Crippen LogP contribution in [0.1, 0.15) is 11.6 Å². The Morgan fingerprint density at radius 3 is 2.46 bits per heavy atom. The fraction of sp³-hybridized carbons (Fsp3) is 0.250. The van der Waals surface area contributed by atoms with Gasteiger partial charge < -0.3 is 11.5 Å². The Morgan fingerprint density at radius 2 is 1.92 bits per heavy atom. The van der Waals surface area contributed by atoms with Crippen LogP contribution in [0.15, 0.2) is 18.2 Å². The number of nitrogen functional groups attached to an aromatic ring is 1. The lowest BCUT2D eigenvalue weighted by molar-refractivity contribution is 0.116. The van der Waals surface area contributed by atoms with Crippen molar-refractivity contribution in [2.75, 3.05) is 5.73 Å². The highest BCUT2D eigenvalue weighted by atomic mass is 35.5.